The van der Waals surface area contributed by atoms with E-state index in [1.165, 1.54) is 5.56 Å². The maximum atomic E-state index is 9.25. The molecule has 0 spiro atoms. The first kappa shape index (κ1) is 17.7. The van der Waals surface area contributed by atoms with E-state index in [0.717, 1.165) is 38.9 Å². The number of nitriles is 1. The van der Waals surface area contributed by atoms with Crippen LogP contribution in [0.3, 0.4) is 0 Å². The van der Waals surface area contributed by atoms with Gasteiger partial charge < -0.3 is 4.74 Å². The van der Waals surface area contributed by atoms with Crippen molar-refractivity contribution in [2.75, 3.05) is 13.2 Å². The van der Waals surface area contributed by atoms with Crippen LogP contribution in [0.15, 0.2) is 30.3 Å². The lowest BCUT2D eigenvalue weighted by atomic mass is 9.97. The molecular formula is C18H28N2O. The van der Waals surface area contributed by atoms with Crippen LogP contribution in [-0.4, -0.2) is 24.8 Å². The highest BCUT2D eigenvalue weighted by Crippen LogP contribution is 2.12. The number of nitrogens with zero attached hydrogens (tertiary/aromatic N) is 1. The Morgan fingerprint density at radius 2 is 1.86 bits per heavy atom. The Morgan fingerprint density at radius 1 is 1.19 bits per heavy atom. The Kier molecular flexibility index (Phi) is 8.04. The SMILES string of the molecule is CC(C)NC(C)(C#N)CCCOCCCc1ccccc1. The molecule has 1 atom stereocenters. The molecule has 0 aliphatic heterocycles. The average Bonchev–Trinajstić information content (AvgIpc) is 2.46. The van der Waals surface area contributed by atoms with Crippen molar-refractivity contribution in [1.82, 2.24) is 5.32 Å². The molecule has 1 N–H and O–H groups in total. The molecule has 0 aliphatic rings. The zero-order valence-corrected chi connectivity index (χ0v) is 13.6. The Hall–Kier alpha value is -1.37. The minimum Gasteiger partial charge on any atom is -0.381 e. The fourth-order valence-corrected chi connectivity index (χ4v) is 2.45. The average molecular weight is 288 g/mol. The maximum absolute atomic E-state index is 9.25. The summed E-state index contributed by atoms with van der Waals surface area (Å²) in [5.41, 5.74) is 0.918. The van der Waals surface area contributed by atoms with Crippen LogP contribution in [0.1, 0.15) is 45.6 Å². The van der Waals surface area contributed by atoms with Gasteiger partial charge >= 0.3 is 0 Å². The second kappa shape index (κ2) is 9.55. The third kappa shape index (κ3) is 7.84. The van der Waals surface area contributed by atoms with Crippen molar-refractivity contribution < 1.29 is 4.74 Å². The molecule has 21 heavy (non-hydrogen) atoms. The highest BCUT2D eigenvalue weighted by Gasteiger charge is 2.23. The molecule has 3 heteroatoms. The number of benzene rings is 1. The minimum atomic E-state index is -0.443. The van der Waals surface area contributed by atoms with Crippen molar-refractivity contribution in [3.05, 3.63) is 35.9 Å². The Morgan fingerprint density at radius 3 is 2.48 bits per heavy atom. The largest absolute Gasteiger partial charge is 0.381 e. The number of hydrogen-bond donors (Lipinski definition) is 1. The van der Waals surface area contributed by atoms with Crippen LogP contribution in [0.4, 0.5) is 0 Å². The molecule has 1 rings (SSSR count). The molecule has 0 fully saturated rings. The molecule has 116 valence electrons. The van der Waals surface area contributed by atoms with Crippen molar-refractivity contribution in [1.29, 1.82) is 5.26 Å². The van der Waals surface area contributed by atoms with E-state index in [9.17, 15) is 5.26 Å². The van der Waals surface area contributed by atoms with Gasteiger partial charge in [0.25, 0.3) is 0 Å². The smallest absolute Gasteiger partial charge is 0.104 e. The van der Waals surface area contributed by atoms with Crippen LogP contribution in [0.2, 0.25) is 0 Å². The van der Waals surface area contributed by atoms with Gasteiger partial charge in [-0.25, -0.2) is 0 Å². The Balaban J connectivity index is 2.08. The Labute approximate surface area is 129 Å². The van der Waals surface area contributed by atoms with E-state index in [1.807, 2.05) is 13.0 Å². The van der Waals surface area contributed by atoms with Gasteiger partial charge in [0.1, 0.15) is 5.54 Å². The first-order valence-electron chi connectivity index (χ1n) is 7.86. The molecule has 0 bridgehead atoms. The molecule has 3 nitrogen and oxygen atoms in total. The molecule has 0 aliphatic carbocycles. The van der Waals surface area contributed by atoms with Crippen molar-refractivity contribution >= 4 is 0 Å². The number of aryl methyl sites for hydroxylation is 1. The third-order valence-corrected chi connectivity index (χ3v) is 3.42. The van der Waals surface area contributed by atoms with E-state index in [-0.39, 0.29) is 0 Å². The highest BCUT2D eigenvalue weighted by atomic mass is 16.5. The van der Waals surface area contributed by atoms with Gasteiger partial charge in [-0.05, 0) is 52.0 Å². The predicted octanol–water partition coefficient (Wildman–Crippen LogP) is 3.70. The van der Waals surface area contributed by atoms with Gasteiger partial charge in [-0.1, -0.05) is 30.3 Å². The lowest BCUT2D eigenvalue weighted by Gasteiger charge is -2.25. The summed E-state index contributed by atoms with van der Waals surface area (Å²) in [7, 11) is 0. The number of hydrogen-bond acceptors (Lipinski definition) is 3. The lowest BCUT2D eigenvalue weighted by molar-refractivity contribution is 0.123. The van der Waals surface area contributed by atoms with E-state index in [0.29, 0.717) is 6.04 Å². The summed E-state index contributed by atoms with van der Waals surface area (Å²) in [6.07, 6.45) is 3.84. The maximum Gasteiger partial charge on any atom is 0.104 e. The highest BCUT2D eigenvalue weighted by molar-refractivity contribution is 5.14. The van der Waals surface area contributed by atoms with Gasteiger partial charge in [-0.3, -0.25) is 5.32 Å². The molecule has 0 aromatic heterocycles. The molecule has 0 saturated carbocycles. The minimum absolute atomic E-state index is 0.321. The van der Waals surface area contributed by atoms with Crippen molar-refractivity contribution in [3.63, 3.8) is 0 Å². The van der Waals surface area contributed by atoms with E-state index in [2.05, 4.69) is 49.5 Å². The molecule has 0 saturated heterocycles. The number of nitrogens with one attached hydrogen (secondary N) is 1. The summed E-state index contributed by atoms with van der Waals surface area (Å²) in [6, 6.07) is 13.2. The predicted molar refractivity (Wildman–Crippen MR) is 87.1 cm³/mol. The second-order valence-electron chi connectivity index (χ2n) is 6.05. The van der Waals surface area contributed by atoms with Crippen LogP contribution >= 0.6 is 0 Å². The summed E-state index contributed by atoms with van der Waals surface area (Å²) in [6.45, 7) is 7.61. The summed E-state index contributed by atoms with van der Waals surface area (Å²) in [4.78, 5) is 0. The monoisotopic (exact) mass is 288 g/mol. The summed E-state index contributed by atoms with van der Waals surface area (Å²) in [5, 5.41) is 12.6. The lowest BCUT2D eigenvalue weighted by Crippen LogP contribution is -2.45. The fourth-order valence-electron chi connectivity index (χ4n) is 2.45. The van der Waals surface area contributed by atoms with Gasteiger partial charge in [0.15, 0.2) is 0 Å². The first-order chi connectivity index (χ1) is 10.1. The van der Waals surface area contributed by atoms with Crippen LogP contribution < -0.4 is 5.32 Å². The molecule has 1 unspecified atom stereocenters. The molecular weight excluding hydrogens is 260 g/mol. The molecule has 0 radical (unpaired) electrons. The van der Waals surface area contributed by atoms with Gasteiger partial charge in [-0.2, -0.15) is 5.26 Å². The fraction of sp³-hybridized carbons (Fsp3) is 0.611. The van der Waals surface area contributed by atoms with Crippen LogP contribution in [-0.2, 0) is 11.2 Å². The van der Waals surface area contributed by atoms with E-state index in [1.54, 1.807) is 0 Å². The normalized spacial score (nSPS) is 13.9. The van der Waals surface area contributed by atoms with Gasteiger partial charge in [0, 0.05) is 19.3 Å². The zero-order valence-electron chi connectivity index (χ0n) is 13.6. The van der Waals surface area contributed by atoms with Crippen LogP contribution in [0.25, 0.3) is 0 Å². The number of ether oxygens (including phenoxy) is 1. The topological polar surface area (TPSA) is 45.0 Å². The molecule has 1 aromatic rings. The molecule has 0 amide bonds. The van der Waals surface area contributed by atoms with Gasteiger partial charge in [0.05, 0.1) is 6.07 Å². The summed E-state index contributed by atoms with van der Waals surface area (Å²) >= 11 is 0. The van der Waals surface area contributed by atoms with E-state index in [4.69, 9.17) is 4.74 Å². The van der Waals surface area contributed by atoms with Crippen LogP contribution in [0.5, 0.6) is 0 Å². The first-order valence-corrected chi connectivity index (χ1v) is 7.86. The second-order valence-corrected chi connectivity index (χ2v) is 6.05. The zero-order chi connectivity index (χ0) is 15.6. The number of rotatable bonds is 10. The van der Waals surface area contributed by atoms with E-state index < -0.39 is 5.54 Å². The quantitative estimate of drug-likeness (QED) is 0.668. The van der Waals surface area contributed by atoms with Crippen molar-refractivity contribution in [2.24, 2.45) is 0 Å². The van der Waals surface area contributed by atoms with Crippen molar-refractivity contribution in [3.8, 4) is 6.07 Å². The van der Waals surface area contributed by atoms with Crippen LogP contribution in [0, 0.1) is 11.3 Å². The summed E-state index contributed by atoms with van der Waals surface area (Å²) < 4.78 is 5.66. The van der Waals surface area contributed by atoms with Gasteiger partial charge in [-0.15, -0.1) is 0 Å². The molecule has 0 heterocycles. The standard InChI is InChI=1S/C18H28N2O/c1-16(2)20-18(3,15-19)12-8-14-21-13-7-11-17-9-5-4-6-10-17/h4-6,9-10,16,20H,7-8,11-14H2,1-3H3. The van der Waals surface area contributed by atoms with Gasteiger partial charge in [0.2, 0.25) is 0 Å². The third-order valence-electron chi connectivity index (χ3n) is 3.42. The Bertz CT molecular complexity index is 425. The molecule has 1 aromatic carbocycles. The van der Waals surface area contributed by atoms with Crippen molar-refractivity contribution in [2.45, 2.75) is 58.0 Å². The summed E-state index contributed by atoms with van der Waals surface area (Å²) in [5.74, 6) is 0. The van der Waals surface area contributed by atoms with E-state index >= 15 is 0 Å².